The van der Waals surface area contributed by atoms with Crippen LogP contribution in [-0.2, 0) is 0 Å². The lowest BCUT2D eigenvalue weighted by Gasteiger charge is -2.26. The number of ether oxygens (including phenoxy) is 3. The number of nitrogens with one attached hydrogen (secondary N) is 1. The van der Waals surface area contributed by atoms with Gasteiger partial charge in [-0.1, -0.05) is 18.2 Å². The molecule has 0 aliphatic rings. The van der Waals surface area contributed by atoms with Crippen LogP contribution in [-0.4, -0.2) is 17.3 Å². The van der Waals surface area contributed by atoms with E-state index in [1.54, 1.807) is 65.8 Å². The molecule has 27 heavy (non-hydrogen) atoms. The van der Waals surface area contributed by atoms with E-state index in [0.717, 1.165) is 0 Å². The number of amides is 1. The van der Waals surface area contributed by atoms with Gasteiger partial charge in [-0.3, -0.25) is 5.32 Å². The second-order valence-corrected chi connectivity index (χ2v) is 8.04. The third kappa shape index (κ3) is 6.81. The van der Waals surface area contributed by atoms with Crippen molar-refractivity contribution in [1.29, 1.82) is 0 Å². The molecule has 0 radical (unpaired) electrons. The van der Waals surface area contributed by atoms with E-state index in [0.29, 0.717) is 11.4 Å². The molecular weight excluding hydrogens is 349 g/mol. The molecule has 0 aliphatic carbocycles. The van der Waals surface area contributed by atoms with E-state index >= 15 is 0 Å². The molecule has 2 aromatic rings. The van der Waals surface area contributed by atoms with Crippen molar-refractivity contribution >= 4 is 11.8 Å². The summed E-state index contributed by atoms with van der Waals surface area (Å²) >= 11 is 0. The molecule has 0 unspecified atom stereocenters. The fourth-order valence-electron chi connectivity index (χ4n) is 2.19. The first-order valence-corrected chi connectivity index (χ1v) is 8.68. The van der Waals surface area contributed by atoms with E-state index in [9.17, 15) is 9.18 Å². The number of hydrogen-bond acceptors (Lipinski definition) is 4. The Labute approximate surface area is 159 Å². The van der Waals surface area contributed by atoms with Crippen molar-refractivity contribution in [3.05, 3.63) is 48.3 Å². The van der Waals surface area contributed by atoms with Gasteiger partial charge in [-0.25, -0.2) is 4.79 Å². The second kappa shape index (κ2) is 7.86. The van der Waals surface area contributed by atoms with Crippen molar-refractivity contribution in [3.8, 4) is 17.2 Å². The zero-order valence-electron chi connectivity index (χ0n) is 16.6. The van der Waals surface area contributed by atoms with Gasteiger partial charge in [0.2, 0.25) is 5.82 Å². The minimum absolute atomic E-state index is 0.0146. The lowest BCUT2D eigenvalue weighted by atomic mass is 10.1. The van der Waals surface area contributed by atoms with Crippen LogP contribution in [0.3, 0.4) is 0 Å². The Bertz CT molecular complexity index is 755. The largest absolute Gasteiger partial charge is 0.485 e. The molecule has 0 fully saturated rings. The van der Waals surface area contributed by atoms with E-state index in [4.69, 9.17) is 14.2 Å². The highest BCUT2D eigenvalue weighted by molar-refractivity contribution is 5.87. The molecule has 0 saturated carbocycles. The van der Waals surface area contributed by atoms with Gasteiger partial charge in [0, 0.05) is 12.1 Å². The number of benzene rings is 2. The summed E-state index contributed by atoms with van der Waals surface area (Å²) < 4.78 is 31.4. The van der Waals surface area contributed by atoms with Crippen molar-refractivity contribution in [2.45, 2.75) is 52.7 Å². The summed E-state index contributed by atoms with van der Waals surface area (Å²) in [5, 5.41) is 2.58. The third-order valence-electron chi connectivity index (χ3n) is 3.04. The van der Waals surface area contributed by atoms with E-state index in [1.165, 1.54) is 12.1 Å². The molecule has 6 heteroatoms. The zero-order chi connectivity index (χ0) is 20.2. The van der Waals surface area contributed by atoms with Crippen LogP contribution in [0.5, 0.6) is 17.2 Å². The number of hydrogen-bond donors (Lipinski definition) is 1. The highest BCUT2D eigenvalue weighted by Gasteiger charge is 2.23. The Hall–Kier alpha value is -2.76. The molecule has 146 valence electrons. The topological polar surface area (TPSA) is 56.8 Å². The van der Waals surface area contributed by atoms with Crippen molar-refractivity contribution in [2.24, 2.45) is 0 Å². The summed E-state index contributed by atoms with van der Waals surface area (Å²) in [6.45, 7) is 10.8. The molecule has 0 saturated heterocycles. The maximum absolute atomic E-state index is 14.8. The normalized spacial score (nSPS) is 11.7. The zero-order valence-corrected chi connectivity index (χ0v) is 16.6. The molecule has 0 aromatic heterocycles. The molecule has 0 heterocycles. The van der Waals surface area contributed by atoms with Gasteiger partial charge in [-0.15, -0.1) is 0 Å². The number of carbonyl (C=O) groups is 1. The average Bonchev–Trinajstić information content (AvgIpc) is 2.50. The summed E-state index contributed by atoms with van der Waals surface area (Å²) in [5.74, 6) is -0.255. The Morgan fingerprint density at radius 2 is 1.37 bits per heavy atom. The SMILES string of the molecule is CC(C)(C)Oc1cc(NC(=O)Oc2ccccc2)cc(OC(C)(C)C)c1F. The fourth-order valence-corrected chi connectivity index (χ4v) is 2.19. The molecule has 1 N–H and O–H groups in total. The average molecular weight is 375 g/mol. The van der Waals surface area contributed by atoms with Gasteiger partial charge in [0.05, 0.1) is 5.69 Å². The van der Waals surface area contributed by atoms with Gasteiger partial charge in [0.25, 0.3) is 0 Å². The summed E-state index contributed by atoms with van der Waals surface area (Å²) in [5.41, 5.74) is -0.942. The Kier molecular flexibility index (Phi) is 5.98. The standard InChI is InChI=1S/C21H26FNO4/c1-20(2,3)26-16-12-14(13-17(18(16)22)27-21(4,5)6)23-19(24)25-15-10-8-7-9-11-15/h7-13H,1-6H3,(H,23,24). The summed E-state index contributed by atoms with van der Waals surface area (Å²) in [4.78, 5) is 12.2. The van der Waals surface area contributed by atoms with Crippen LogP contribution in [0.2, 0.25) is 0 Å². The monoisotopic (exact) mass is 375 g/mol. The van der Waals surface area contributed by atoms with Crippen LogP contribution in [0.25, 0.3) is 0 Å². The Balaban J connectivity index is 2.29. The molecule has 0 atom stereocenters. The molecule has 1 amide bonds. The van der Waals surface area contributed by atoms with Crippen LogP contribution in [0.1, 0.15) is 41.5 Å². The highest BCUT2D eigenvalue weighted by atomic mass is 19.1. The van der Waals surface area contributed by atoms with Crippen molar-refractivity contribution in [1.82, 2.24) is 0 Å². The quantitative estimate of drug-likeness (QED) is 0.735. The number of carbonyl (C=O) groups excluding carboxylic acids is 1. The number of para-hydroxylation sites is 1. The van der Waals surface area contributed by atoms with Gasteiger partial charge in [-0.2, -0.15) is 4.39 Å². The van der Waals surface area contributed by atoms with Crippen LogP contribution in [0, 0.1) is 5.82 Å². The van der Waals surface area contributed by atoms with Crippen molar-refractivity contribution in [3.63, 3.8) is 0 Å². The van der Waals surface area contributed by atoms with E-state index in [-0.39, 0.29) is 11.5 Å². The molecule has 5 nitrogen and oxygen atoms in total. The predicted molar refractivity (Wildman–Crippen MR) is 103 cm³/mol. The first-order chi connectivity index (χ1) is 12.4. The van der Waals surface area contributed by atoms with Crippen LogP contribution < -0.4 is 19.5 Å². The maximum Gasteiger partial charge on any atom is 0.417 e. The van der Waals surface area contributed by atoms with Crippen LogP contribution in [0.4, 0.5) is 14.9 Å². The lowest BCUT2D eigenvalue weighted by molar-refractivity contribution is 0.109. The van der Waals surface area contributed by atoms with Gasteiger partial charge < -0.3 is 14.2 Å². The number of rotatable bonds is 4. The van der Waals surface area contributed by atoms with Gasteiger partial charge in [0.1, 0.15) is 17.0 Å². The molecule has 0 spiro atoms. The predicted octanol–water partition coefficient (Wildman–Crippen LogP) is 5.79. The van der Waals surface area contributed by atoms with Crippen LogP contribution in [0.15, 0.2) is 42.5 Å². The Morgan fingerprint density at radius 1 is 0.889 bits per heavy atom. The molecule has 0 bridgehead atoms. The minimum Gasteiger partial charge on any atom is -0.485 e. The smallest absolute Gasteiger partial charge is 0.417 e. The molecule has 2 rings (SSSR count). The van der Waals surface area contributed by atoms with Gasteiger partial charge in [0.15, 0.2) is 11.5 Å². The molecule has 0 aliphatic heterocycles. The van der Waals surface area contributed by atoms with Gasteiger partial charge >= 0.3 is 6.09 Å². The highest BCUT2D eigenvalue weighted by Crippen LogP contribution is 2.35. The second-order valence-electron chi connectivity index (χ2n) is 8.04. The summed E-state index contributed by atoms with van der Waals surface area (Å²) in [6, 6.07) is 11.5. The summed E-state index contributed by atoms with van der Waals surface area (Å²) in [7, 11) is 0. The number of halogens is 1. The van der Waals surface area contributed by atoms with Crippen molar-refractivity contribution in [2.75, 3.05) is 5.32 Å². The van der Waals surface area contributed by atoms with E-state index in [1.807, 2.05) is 6.07 Å². The van der Waals surface area contributed by atoms with E-state index in [2.05, 4.69) is 5.32 Å². The molecular formula is C21H26FNO4. The molecule has 2 aromatic carbocycles. The minimum atomic E-state index is -0.698. The summed E-state index contributed by atoms with van der Waals surface area (Å²) in [6.07, 6.45) is -0.698. The third-order valence-corrected chi connectivity index (χ3v) is 3.04. The fraction of sp³-hybridized carbons (Fsp3) is 0.381. The maximum atomic E-state index is 14.8. The first kappa shape index (κ1) is 20.6. The van der Waals surface area contributed by atoms with E-state index < -0.39 is 23.1 Å². The van der Waals surface area contributed by atoms with Crippen molar-refractivity contribution < 1.29 is 23.4 Å². The van der Waals surface area contributed by atoms with Crippen LogP contribution >= 0.6 is 0 Å². The first-order valence-electron chi connectivity index (χ1n) is 8.68. The number of anilines is 1. The van der Waals surface area contributed by atoms with Gasteiger partial charge in [-0.05, 0) is 53.7 Å². The lowest BCUT2D eigenvalue weighted by Crippen LogP contribution is -2.26. The Morgan fingerprint density at radius 3 is 1.81 bits per heavy atom.